The van der Waals surface area contributed by atoms with Gasteiger partial charge in [-0.25, -0.2) is 4.98 Å². The van der Waals surface area contributed by atoms with Crippen LogP contribution in [0.15, 0.2) is 0 Å². The molecular weight excluding hydrogens is 218 g/mol. The van der Waals surface area contributed by atoms with Crippen LogP contribution in [0.5, 0.6) is 0 Å². The van der Waals surface area contributed by atoms with E-state index in [1.807, 2.05) is 7.05 Å². The van der Waals surface area contributed by atoms with E-state index in [1.165, 1.54) is 22.0 Å². The summed E-state index contributed by atoms with van der Waals surface area (Å²) in [5, 5.41) is 4.35. The zero-order chi connectivity index (χ0) is 12.1. The molecule has 1 unspecified atom stereocenters. The van der Waals surface area contributed by atoms with Crippen molar-refractivity contribution >= 4 is 11.3 Å². The highest BCUT2D eigenvalue weighted by molar-refractivity contribution is 7.11. The molecule has 1 atom stereocenters. The summed E-state index contributed by atoms with van der Waals surface area (Å²) in [5.41, 5.74) is 1.24. The highest BCUT2D eigenvalue weighted by atomic mass is 32.1. The Labute approximate surface area is 103 Å². The molecule has 0 fully saturated rings. The summed E-state index contributed by atoms with van der Waals surface area (Å²) in [4.78, 5) is 8.35. The van der Waals surface area contributed by atoms with Gasteiger partial charge in [0.2, 0.25) is 0 Å². The Morgan fingerprint density at radius 3 is 2.62 bits per heavy atom. The monoisotopic (exact) mass is 241 g/mol. The first kappa shape index (κ1) is 13.6. The summed E-state index contributed by atoms with van der Waals surface area (Å²) in [6.07, 6.45) is 1.18. The van der Waals surface area contributed by atoms with E-state index < -0.39 is 0 Å². The van der Waals surface area contributed by atoms with E-state index in [4.69, 9.17) is 0 Å². The maximum Gasteiger partial charge on any atom is 0.0900 e. The lowest BCUT2D eigenvalue weighted by molar-refractivity contribution is 0.253. The summed E-state index contributed by atoms with van der Waals surface area (Å²) in [7, 11) is 4.17. The predicted molar refractivity (Wildman–Crippen MR) is 71.2 cm³/mol. The van der Waals surface area contributed by atoms with Gasteiger partial charge >= 0.3 is 0 Å². The van der Waals surface area contributed by atoms with Gasteiger partial charge in [-0.15, -0.1) is 11.3 Å². The van der Waals surface area contributed by atoms with Gasteiger partial charge in [-0.05, 0) is 54.4 Å². The molecule has 16 heavy (non-hydrogen) atoms. The smallest absolute Gasteiger partial charge is 0.0900 e. The number of aryl methyl sites for hydroxylation is 2. The fourth-order valence-corrected chi connectivity index (χ4v) is 2.75. The Bertz CT molecular complexity index is 322. The fraction of sp³-hybridized carbons (Fsp3) is 0.750. The van der Waals surface area contributed by atoms with Gasteiger partial charge in [0.25, 0.3) is 0 Å². The summed E-state index contributed by atoms with van der Waals surface area (Å²) >= 11 is 1.79. The summed E-state index contributed by atoms with van der Waals surface area (Å²) in [6.45, 7) is 8.66. The predicted octanol–water partition coefficient (Wildman–Crippen LogP) is 2.36. The number of aromatic nitrogens is 1. The van der Waals surface area contributed by atoms with E-state index in [9.17, 15) is 0 Å². The highest BCUT2D eigenvalue weighted by Gasteiger charge is 2.16. The average Bonchev–Trinajstić information content (AvgIpc) is 2.57. The minimum absolute atomic E-state index is 0.418. The number of hydrogen-bond acceptors (Lipinski definition) is 4. The van der Waals surface area contributed by atoms with Gasteiger partial charge in [0.15, 0.2) is 0 Å². The molecular formula is C12H23N3S. The summed E-state index contributed by atoms with van der Waals surface area (Å²) in [5.74, 6) is 0. The number of nitrogens with one attached hydrogen (secondary N) is 1. The van der Waals surface area contributed by atoms with Crippen LogP contribution in [0.4, 0.5) is 0 Å². The molecule has 0 amide bonds. The molecule has 0 spiro atoms. The Morgan fingerprint density at radius 2 is 2.12 bits per heavy atom. The van der Waals surface area contributed by atoms with Crippen molar-refractivity contribution in [2.24, 2.45) is 0 Å². The number of rotatable bonds is 6. The fourth-order valence-electron chi connectivity index (χ4n) is 1.84. The highest BCUT2D eigenvalue weighted by Crippen LogP contribution is 2.25. The van der Waals surface area contributed by atoms with Crippen LogP contribution in [0.2, 0.25) is 0 Å². The van der Waals surface area contributed by atoms with Crippen molar-refractivity contribution in [3.8, 4) is 0 Å². The standard InChI is InChI=1S/C12H23N3S/c1-9(15(5)8-6-7-13-4)12-10(2)16-11(3)14-12/h9,13H,6-8H2,1-5H3. The number of hydrogen-bond donors (Lipinski definition) is 1. The third kappa shape index (κ3) is 3.54. The maximum absolute atomic E-state index is 4.62. The molecule has 0 aliphatic carbocycles. The molecule has 0 aliphatic rings. The van der Waals surface area contributed by atoms with Crippen molar-refractivity contribution < 1.29 is 0 Å². The van der Waals surface area contributed by atoms with Gasteiger partial charge < -0.3 is 5.32 Å². The first-order valence-electron chi connectivity index (χ1n) is 5.85. The molecule has 1 aromatic heterocycles. The lowest BCUT2D eigenvalue weighted by Crippen LogP contribution is -2.26. The SMILES string of the molecule is CNCCCN(C)C(C)c1nc(C)sc1C. The first-order chi connectivity index (χ1) is 7.56. The molecule has 3 nitrogen and oxygen atoms in total. The molecule has 1 rings (SSSR count). The molecule has 0 radical (unpaired) electrons. The second-order valence-electron chi connectivity index (χ2n) is 4.29. The zero-order valence-electron chi connectivity index (χ0n) is 11.0. The Kier molecular flexibility index (Phi) is 5.38. The molecule has 1 heterocycles. The Morgan fingerprint density at radius 1 is 1.44 bits per heavy atom. The van der Waals surface area contributed by atoms with E-state index >= 15 is 0 Å². The van der Waals surface area contributed by atoms with Crippen LogP contribution in [0.25, 0.3) is 0 Å². The number of thiazole rings is 1. The molecule has 1 aromatic rings. The summed E-state index contributed by atoms with van der Waals surface area (Å²) in [6, 6.07) is 0.418. The third-order valence-corrected chi connectivity index (χ3v) is 3.84. The molecule has 4 heteroatoms. The van der Waals surface area contributed by atoms with Crippen LogP contribution in [-0.2, 0) is 0 Å². The third-order valence-electron chi connectivity index (χ3n) is 2.93. The molecule has 1 N–H and O–H groups in total. The van der Waals surface area contributed by atoms with Gasteiger partial charge in [0.1, 0.15) is 0 Å². The van der Waals surface area contributed by atoms with Crippen LogP contribution in [0, 0.1) is 13.8 Å². The lowest BCUT2D eigenvalue weighted by atomic mass is 10.2. The van der Waals surface area contributed by atoms with Crippen LogP contribution in [0.3, 0.4) is 0 Å². The van der Waals surface area contributed by atoms with Crippen molar-refractivity contribution in [1.82, 2.24) is 15.2 Å². The quantitative estimate of drug-likeness (QED) is 0.775. The second kappa shape index (κ2) is 6.33. The van der Waals surface area contributed by atoms with Crippen molar-refractivity contribution in [3.63, 3.8) is 0 Å². The largest absolute Gasteiger partial charge is 0.320 e. The number of nitrogens with zero attached hydrogens (tertiary/aromatic N) is 2. The van der Waals surface area contributed by atoms with Gasteiger partial charge in [-0.3, -0.25) is 4.90 Å². The molecule has 0 saturated carbocycles. The zero-order valence-corrected chi connectivity index (χ0v) is 11.8. The lowest BCUT2D eigenvalue weighted by Gasteiger charge is -2.23. The minimum Gasteiger partial charge on any atom is -0.320 e. The van der Waals surface area contributed by atoms with E-state index in [0.717, 1.165) is 13.1 Å². The van der Waals surface area contributed by atoms with Gasteiger partial charge in [0, 0.05) is 4.88 Å². The van der Waals surface area contributed by atoms with E-state index in [2.05, 4.69) is 43.0 Å². The molecule has 0 saturated heterocycles. The van der Waals surface area contributed by atoms with Crippen molar-refractivity contribution in [2.45, 2.75) is 33.2 Å². The summed E-state index contributed by atoms with van der Waals surface area (Å²) < 4.78 is 0. The van der Waals surface area contributed by atoms with Crippen molar-refractivity contribution in [2.75, 3.05) is 27.2 Å². The van der Waals surface area contributed by atoms with Crippen molar-refractivity contribution in [3.05, 3.63) is 15.6 Å². The van der Waals surface area contributed by atoms with Gasteiger partial charge in [-0.2, -0.15) is 0 Å². The van der Waals surface area contributed by atoms with E-state index in [1.54, 1.807) is 11.3 Å². The maximum atomic E-state index is 4.62. The van der Waals surface area contributed by atoms with Crippen LogP contribution in [-0.4, -0.2) is 37.1 Å². The minimum atomic E-state index is 0.418. The van der Waals surface area contributed by atoms with E-state index in [0.29, 0.717) is 6.04 Å². The molecule has 0 bridgehead atoms. The molecule has 0 aromatic carbocycles. The van der Waals surface area contributed by atoms with Gasteiger partial charge in [-0.1, -0.05) is 0 Å². The Hall–Kier alpha value is -0.450. The van der Waals surface area contributed by atoms with Crippen LogP contribution >= 0.6 is 11.3 Å². The van der Waals surface area contributed by atoms with Crippen molar-refractivity contribution in [1.29, 1.82) is 0 Å². The first-order valence-corrected chi connectivity index (χ1v) is 6.66. The molecule has 0 aliphatic heterocycles. The van der Waals surface area contributed by atoms with Crippen LogP contribution < -0.4 is 5.32 Å². The molecule has 92 valence electrons. The topological polar surface area (TPSA) is 28.2 Å². The van der Waals surface area contributed by atoms with E-state index in [-0.39, 0.29) is 0 Å². The normalized spacial score (nSPS) is 13.4. The van der Waals surface area contributed by atoms with Crippen LogP contribution in [0.1, 0.15) is 35.0 Å². The second-order valence-corrected chi connectivity index (χ2v) is 5.70. The average molecular weight is 241 g/mol. The van der Waals surface area contributed by atoms with Gasteiger partial charge in [0.05, 0.1) is 16.7 Å². The Balaban J connectivity index is 2.56.